The zero-order valence-electron chi connectivity index (χ0n) is 12.5. The molecule has 1 saturated heterocycles. The molecule has 0 spiro atoms. The third kappa shape index (κ3) is 2.06. The fourth-order valence-corrected chi connectivity index (χ4v) is 3.24. The summed E-state index contributed by atoms with van der Waals surface area (Å²) in [6.07, 6.45) is 1.91. The van der Waals surface area contributed by atoms with E-state index in [0.29, 0.717) is 5.78 Å². The SMILES string of the molecule is Cc1ccc2c(C(=O)C3CCNCC3)c(C)[nH]c2c1C. The molecule has 1 aromatic carbocycles. The van der Waals surface area contributed by atoms with Crippen molar-refractivity contribution < 1.29 is 4.79 Å². The van der Waals surface area contributed by atoms with Crippen molar-refractivity contribution in [1.82, 2.24) is 10.3 Å². The number of carbonyl (C=O) groups excluding carboxylic acids is 1. The summed E-state index contributed by atoms with van der Waals surface area (Å²) in [5, 5.41) is 4.41. The van der Waals surface area contributed by atoms with Gasteiger partial charge in [0.15, 0.2) is 5.78 Å². The molecular formula is C17H22N2O. The third-order valence-electron chi connectivity index (χ3n) is 4.65. The molecule has 1 aliphatic heterocycles. The summed E-state index contributed by atoms with van der Waals surface area (Å²) in [6.45, 7) is 8.15. The topological polar surface area (TPSA) is 44.9 Å². The molecule has 0 saturated carbocycles. The van der Waals surface area contributed by atoms with Crippen LogP contribution in [-0.2, 0) is 0 Å². The second-order valence-corrected chi connectivity index (χ2v) is 5.94. The largest absolute Gasteiger partial charge is 0.358 e. The molecule has 1 fully saturated rings. The first kappa shape index (κ1) is 13.4. The standard InChI is InChI=1S/C17H22N2O/c1-10-4-5-14-15(12(3)19-16(14)11(10)2)17(20)13-6-8-18-9-7-13/h4-5,13,18-19H,6-9H2,1-3H3. The lowest BCUT2D eigenvalue weighted by molar-refractivity contribution is 0.0896. The summed E-state index contributed by atoms with van der Waals surface area (Å²) in [5.41, 5.74) is 5.56. The molecule has 0 aliphatic carbocycles. The first-order chi connectivity index (χ1) is 9.59. The van der Waals surface area contributed by atoms with E-state index in [-0.39, 0.29) is 5.92 Å². The Labute approximate surface area is 119 Å². The second kappa shape index (κ2) is 5.06. The van der Waals surface area contributed by atoms with Gasteiger partial charge < -0.3 is 10.3 Å². The molecule has 2 N–H and O–H groups in total. The van der Waals surface area contributed by atoms with Crippen LogP contribution in [-0.4, -0.2) is 23.9 Å². The number of H-pyrrole nitrogens is 1. The number of aryl methyl sites for hydroxylation is 3. The highest BCUT2D eigenvalue weighted by Gasteiger charge is 2.26. The van der Waals surface area contributed by atoms with Gasteiger partial charge in [-0.05, 0) is 57.8 Å². The van der Waals surface area contributed by atoms with Gasteiger partial charge in [0.2, 0.25) is 0 Å². The summed E-state index contributed by atoms with van der Waals surface area (Å²) in [7, 11) is 0. The molecule has 1 aliphatic rings. The van der Waals surface area contributed by atoms with E-state index in [2.05, 4.69) is 36.3 Å². The number of hydrogen-bond acceptors (Lipinski definition) is 2. The molecule has 0 radical (unpaired) electrons. The van der Waals surface area contributed by atoms with Crippen LogP contribution >= 0.6 is 0 Å². The highest BCUT2D eigenvalue weighted by molar-refractivity contribution is 6.10. The maximum absolute atomic E-state index is 12.8. The van der Waals surface area contributed by atoms with E-state index in [4.69, 9.17) is 0 Å². The lowest BCUT2D eigenvalue weighted by atomic mass is 9.88. The maximum Gasteiger partial charge on any atom is 0.168 e. The number of hydrogen-bond donors (Lipinski definition) is 2. The molecule has 3 nitrogen and oxygen atoms in total. The molecule has 1 aromatic heterocycles. The van der Waals surface area contributed by atoms with Gasteiger partial charge in [0.1, 0.15) is 0 Å². The lowest BCUT2D eigenvalue weighted by Gasteiger charge is -2.21. The fraction of sp³-hybridized carbons (Fsp3) is 0.471. The number of benzene rings is 1. The van der Waals surface area contributed by atoms with E-state index in [1.54, 1.807) is 0 Å². The van der Waals surface area contributed by atoms with E-state index >= 15 is 0 Å². The normalized spacial score (nSPS) is 16.8. The molecule has 3 heteroatoms. The van der Waals surface area contributed by atoms with Crippen LogP contribution in [0.15, 0.2) is 12.1 Å². The molecule has 0 atom stereocenters. The van der Waals surface area contributed by atoms with Gasteiger partial charge in [-0.15, -0.1) is 0 Å². The van der Waals surface area contributed by atoms with Gasteiger partial charge in [-0.1, -0.05) is 12.1 Å². The predicted octanol–water partition coefficient (Wildman–Crippen LogP) is 3.28. The number of aromatic nitrogens is 1. The number of piperidine rings is 1. The van der Waals surface area contributed by atoms with Gasteiger partial charge >= 0.3 is 0 Å². The van der Waals surface area contributed by atoms with E-state index in [1.807, 2.05) is 6.92 Å². The maximum atomic E-state index is 12.8. The first-order valence-corrected chi connectivity index (χ1v) is 7.43. The Morgan fingerprint density at radius 1 is 1.15 bits per heavy atom. The summed E-state index contributed by atoms with van der Waals surface area (Å²) in [5.74, 6) is 0.495. The Kier molecular flexibility index (Phi) is 3.38. The number of nitrogens with one attached hydrogen (secondary N) is 2. The van der Waals surface area contributed by atoms with Crippen molar-refractivity contribution in [3.8, 4) is 0 Å². The molecule has 0 unspecified atom stereocenters. The summed E-state index contributed by atoms with van der Waals surface area (Å²) in [4.78, 5) is 16.3. The summed E-state index contributed by atoms with van der Waals surface area (Å²) >= 11 is 0. The quantitative estimate of drug-likeness (QED) is 0.823. The summed E-state index contributed by atoms with van der Waals surface area (Å²) < 4.78 is 0. The minimum absolute atomic E-state index is 0.176. The molecular weight excluding hydrogens is 248 g/mol. The van der Waals surface area contributed by atoms with Crippen LogP contribution in [0.2, 0.25) is 0 Å². The minimum Gasteiger partial charge on any atom is -0.358 e. The van der Waals surface area contributed by atoms with Crippen LogP contribution < -0.4 is 5.32 Å². The van der Waals surface area contributed by atoms with Crippen molar-refractivity contribution >= 4 is 16.7 Å². The van der Waals surface area contributed by atoms with Gasteiger partial charge in [-0.25, -0.2) is 0 Å². The predicted molar refractivity (Wildman–Crippen MR) is 82.4 cm³/mol. The van der Waals surface area contributed by atoms with Gasteiger partial charge in [0, 0.05) is 28.1 Å². The number of rotatable bonds is 2. The van der Waals surface area contributed by atoms with Crippen LogP contribution in [0, 0.1) is 26.7 Å². The average molecular weight is 270 g/mol. The van der Waals surface area contributed by atoms with Crippen LogP contribution in [0.3, 0.4) is 0 Å². The van der Waals surface area contributed by atoms with Crippen LogP contribution in [0.5, 0.6) is 0 Å². The molecule has 0 amide bonds. The van der Waals surface area contributed by atoms with Crippen molar-refractivity contribution in [1.29, 1.82) is 0 Å². The van der Waals surface area contributed by atoms with Crippen molar-refractivity contribution in [2.45, 2.75) is 33.6 Å². The summed E-state index contributed by atoms with van der Waals surface area (Å²) in [6, 6.07) is 4.21. The molecule has 106 valence electrons. The smallest absolute Gasteiger partial charge is 0.168 e. The van der Waals surface area contributed by atoms with Crippen LogP contribution in [0.4, 0.5) is 0 Å². The highest BCUT2D eigenvalue weighted by Crippen LogP contribution is 2.30. The van der Waals surface area contributed by atoms with Crippen LogP contribution in [0.1, 0.15) is 40.0 Å². The Bertz CT molecular complexity index is 663. The van der Waals surface area contributed by atoms with Gasteiger partial charge in [-0.3, -0.25) is 4.79 Å². The Morgan fingerprint density at radius 2 is 1.85 bits per heavy atom. The van der Waals surface area contributed by atoms with Crippen molar-refractivity contribution in [2.24, 2.45) is 5.92 Å². The molecule has 3 rings (SSSR count). The van der Waals surface area contributed by atoms with E-state index in [1.165, 1.54) is 11.1 Å². The Morgan fingerprint density at radius 3 is 2.55 bits per heavy atom. The van der Waals surface area contributed by atoms with Gasteiger partial charge in [-0.2, -0.15) is 0 Å². The van der Waals surface area contributed by atoms with Crippen LogP contribution in [0.25, 0.3) is 10.9 Å². The number of aromatic amines is 1. The number of ketones is 1. The lowest BCUT2D eigenvalue weighted by Crippen LogP contribution is -2.32. The number of fused-ring (bicyclic) bond motifs is 1. The average Bonchev–Trinajstić information content (AvgIpc) is 2.80. The zero-order chi connectivity index (χ0) is 14.3. The van der Waals surface area contributed by atoms with Crippen molar-refractivity contribution in [3.05, 3.63) is 34.5 Å². The monoisotopic (exact) mass is 270 g/mol. The second-order valence-electron chi connectivity index (χ2n) is 5.94. The number of carbonyl (C=O) groups is 1. The molecule has 2 heterocycles. The van der Waals surface area contributed by atoms with E-state index in [0.717, 1.165) is 48.1 Å². The van der Waals surface area contributed by atoms with E-state index < -0.39 is 0 Å². The van der Waals surface area contributed by atoms with Crippen molar-refractivity contribution in [3.63, 3.8) is 0 Å². The van der Waals surface area contributed by atoms with Gasteiger partial charge in [0.05, 0.1) is 0 Å². The molecule has 20 heavy (non-hydrogen) atoms. The first-order valence-electron chi connectivity index (χ1n) is 7.43. The number of Topliss-reactive ketones (excluding diaryl/α,β-unsaturated/α-hetero) is 1. The Balaban J connectivity index is 2.09. The molecule has 2 aromatic rings. The Hall–Kier alpha value is -1.61. The minimum atomic E-state index is 0.176. The van der Waals surface area contributed by atoms with E-state index in [9.17, 15) is 4.79 Å². The fourth-order valence-electron chi connectivity index (χ4n) is 3.24. The highest BCUT2D eigenvalue weighted by atomic mass is 16.1. The molecule has 0 bridgehead atoms. The van der Waals surface area contributed by atoms with Crippen molar-refractivity contribution in [2.75, 3.05) is 13.1 Å². The zero-order valence-corrected chi connectivity index (χ0v) is 12.5. The third-order valence-corrected chi connectivity index (χ3v) is 4.65. The van der Waals surface area contributed by atoms with Gasteiger partial charge in [0.25, 0.3) is 0 Å².